The smallest absolute Gasteiger partial charge is 0.197 e. The number of hydrogen-bond acceptors (Lipinski definition) is 3. The number of nitrogens with zero attached hydrogens (tertiary/aromatic N) is 1. The van der Waals surface area contributed by atoms with Crippen LogP contribution in [0.2, 0.25) is 0 Å². The summed E-state index contributed by atoms with van der Waals surface area (Å²) in [5.74, 6) is 2.71. The van der Waals surface area contributed by atoms with E-state index in [-0.39, 0.29) is 0 Å². The third-order valence-electron chi connectivity index (χ3n) is 2.39. The molecule has 0 aromatic carbocycles. The summed E-state index contributed by atoms with van der Waals surface area (Å²) in [5, 5.41) is 3.13. The fourth-order valence-corrected chi connectivity index (χ4v) is 1.50. The predicted molar refractivity (Wildman–Crippen MR) is 62.3 cm³/mol. The van der Waals surface area contributed by atoms with E-state index < -0.39 is 0 Å². The van der Waals surface area contributed by atoms with Gasteiger partial charge in [-0.05, 0) is 13.0 Å². The summed E-state index contributed by atoms with van der Waals surface area (Å²) in [6, 6.07) is 0. The molecule has 0 bridgehead atoms. The fraction of sp³-hybridized carbons (Fsp3) is 0.750. The van der Waals surface area contributed by atoms with E-state index in [1.54, 1.807) is 0 Å². The van der Waals surface area contributed by atoms with Crippen molar-refractivity contribution in [3.8, 4) is 0 Å². The molecule has 3 heteroatoms. The number of aromatic nitrogens is 1. The maximum atomic E-state index is 5.79. The molecule has 0 radical (unpaired) electrons. The number of rotatable bonds is 5. The van der Waals surface area contributed by atoms with Gasteiger partial charge in [-0.25, -0.2) is 4.98 Å². The molecule has 0 aliphatic heterocycles. The Morgan fingerprint density at radius 3 is 2.33 bits per heavy atom. The molecule has 1 aromatic heterocycles. The second kappa shape index (κ2) is 5.31. The Bertz CT molecular complexity index is 303. The summed E-state index contributed by atoms with van der Waals surface area (Å²) >= 11 is 0. The lowest BCUT2D eigenvalue weighted by Gasteiger charge is -2.02. The molecule has 1 heterocycles. The highest BCUT2D eigenvalue weighted by Gasteiger charge is 2.17. The quantitative estimate of drug-likeness (QED) is 0.812. The lowest BCUT2D eigenvalue weighted by molar-refractivity contribution is 0.432. The van der Waals surface area contributed by atoms with Gasteiger partial charge in [0.25, 0.3) is 0 Å². The maximum Gasteiger partial charge on any atom is 0.197 e. The van der Waals surface area contributed by atoms with E-state index in [4.69, 9.17) is 4.42 Å². The van der Waals surface area contributed by atoms with Gasteiger partial charge in [-0.15, -0.1) is 0 Å². The van der Waals surface area contributed by atoms with Crippen molar-refractivity contribution in [3.05, 3.63) is 17.3 Å². The van der Waals surface area contributed by atoms with Crippen molar-refractivity contribution in [1.29, 1.82) is 0 Å². The van der Waals surface area contributed by atoms with Crippen molar-refractivity contribution in [1.82, 2.24) is 10.3 Å². The van der Waals surface area contributed by atoms with Crippen LogP contribution in [-0.4, -0.2) is 18.6 Å². The van der Waals surface area contributed by atoms with Gasteiger partial charge in [0.05, 0.1) is 5.69 Å². The van der Waals surface area contributed by atoms with Crippen molar-refractivity contribution in [3.63, 3.8) is 0 Å². The van der Waals surface area contributed by atoms with Gasteiger partial charge >= 0.3 is 0 Å². The van der Waals surface area contributed by atoms with Crippen molar-refractivity contribution in [2.75, 3.05) is 13.6 Å². The molecule has 1 aromatic rings. The second-order valence-electron chi connectivity index (χ2n) is 4.52. The zero-order valence-corrected chi connectivity index (χ0v) is 10.4. The molecule has 3 nitrogen and oxygen atoms in total. The van der Waals surface area contributed by atoms with Crippen LogP contribution in [-0.2, 0) is 6.42 Å². The van der Waals surface area contributed by atoms with Crippen LogP contribution in [0.25, 0.3) is 0 Å². The monoisotopic (exact) mass is 210 g/mol. The van der Waals surface area contributed by atoms with Gasteiger partial charge in [0.1, 0.15) is 5.76 Å². The summed E-state index contributed by atoms with van der Waals surface area (Å²) < 4.78 is 5.79. The second-order valence-corrected chi connectivity index (χ2v) is 4.52. The van der Waals surface area contributed by atoms with Gasteiger partial charge in [0.2, 0.25) is 0 Å². The van der Waals surface area contributed by atoms with Gasteiger partial charge in [-0.3, -0.25) is 0 Å². The van der Waals surface area contributed by atoms with E-state index >= 15 is 0 Å². The lowest BCUT2D eigenvalue weighted by Crippen LogP contribution is -2.11. The average Bonchev–Trinajstić information content (AvgIpc) is 2.58. The van der Waals surface area contributed by atoms with Gasteiger partial charge in [-0.2, -0.15) is 0 Å². The molecule has 0 saturated carbocycles. The van der Waals surface area contributed by atoms with Crippen molar-refractivity contribution < 1.29 is 4.42 Å². The third kappa shape index (κ3) is 3.06. The van der Waals surface area contributed by atoms with Crippen LogP contribution in [0.4, 0.5) is 0 Å². The Morgan fingerprint density at radius 2 is 1.87 bits per heavy atom. The molecule has 0 fully saturated rings. The average molecular weight is 210 g/mol. The van der Waals surface area contributed by atoms with Crippen molar-refractivity contribution in [2.24, 2.45) is 0 Å². The number of hydrogen-bond donors (Lipinski definition) is 1. The summed E-state index contributed by atoms with van der Waals surface area (Å²) in [5.41, 5.74) is 1.12. The van der Waals surface area contributed by atoms with E-state index in [2.05, 4.69) is 38.0 Å². The Labute approximate surface area is 92.3 Å². The minimum atomic E-state index is 0.367. The number of oxazole rings is 1. The van der Waals surface area contributed by atoms with Crippen LogP contribution >= 0.6 is 0 Å². The van der Waals surface area contributed by atoms with E-state index in [1.807, 2.05) is 7.05 Å². The SMILES string of the molecule is CNCCc1oc(C(C)C)nc1C(C)C. The van der Waals surface area contributed by atoms with Gasteiger partial charge in [-0.1, -0.05) is 27.7 Å². The Balaban J connectivity index is 2.90. The molecule has 0 amide bonds. The molecule has 15 heavy (non-hydrogen) atoms. The first-order valence-corrected chi connectivity index (χ1v) is 5.70. The molecular formula is C12H22N2O. The fourth-order valence-electron chi connectivity index (χ4n) is 1.50. The topological polar surface area (TPSA) is 38.1 Å². The molecular weight excluding hydrogens is 188 g/mol. The minimum Gasteiger partial charge on any atom is -0.445 e. The maximum absolute atomic E-state index is 5.79. The van der Waals surface area contributed by atoms with Crippen LogP contribution in [0, 0.1) is 0 Å². The highest BCUT2D eigenvalue weighted by Crippen LogP contribution is 2.24. The van der Waals surface area contributed by atoms with Gasteiger partial charge < -0.3 is 9.73 Å². The Hall–Kier alpha value is -0.830. The Kier molecular flexibility index (Phi) is 4.33. The third-order valence-corrected chi connectivity index (χ3v) is 2.39. The summed E-state index contributed by atoms with van der Waals surface area (Å²) in [6.45, 7) is 9.47. The van der Waals surface area contributed by atoms with E-state index in [1.165, 1.54) is 0 Å². The number of likely N-dealkylation sites (N-methyl/N-ethyl adjacent to an activating group) is 1. The Morgan fingerprint density at radius 1 is 1.20 bits per heavy atom. The summed E-state index contributed by atoms with van der Waals surface area (Å²) in [6.07, 6.45) is 0.920. The minimum absolute atomic E-state index is 0.367. The predicted octanol–water partition coefficient (Wildman–Crippen LogP) is 2.68. The molecule has 0 aliphatic carbocycles. The largest absolute Gasteiger partial charge is 0.445 e. The van der Waals surface area contributed by atoms with Crippen LogP contribution in [0.3, 0.4) is 0 Å². The normalized spacial score (nSPS) is 11.7. The highest BCUT2D eigenvalue weighted by atomic mass is 16.4. The zero-order chi connectivity index (χ0) is 11.4. The van der Waals surface area contributed by atoms with Crippen LogP contribution in [0.5, 0.6) is 0 Å². The van der Waals surface area contributed by atoms with Crippen molar-refractivity contribution in [2.45, 2.75) is 46.0 Å². The van der Waals surface area contributed by atoms with Crippen LogP contribution in [0.15, 0.2) is 4.42 Å². The molecule has 1 N–H and O–H groups in total. The lowest BCUT2D eigenvalue weighted by atomic mass is 10.1. The van der Waals surface area contributed by atoms with E-state index in [9.17, 15) is 0 Å². The molecule has 0 atom stereocenters. The van der Waals surface area contributed by atoms with Crippen molar-refractivity contribution >= 4 is 0 Å². The standard InChI is InChI=1S/C12H22N2O/c1-8(2)11-10(6-7-13-5)15-12(14-11)9(3)4/h8-9,13H,6-7H2,1-5H3. The first-order chi connectivity index (χ1) is 7.06. The first-order valence-electron chi connectivity index (χ1n) is 5.70. The number of nitrogens with one attached hydrogen (secondary N) is 1. The van der Waals surface area contributed by atoms with E-state index in [0.29, 0.717) is 11.8 Å². The highest BCUT2D eigenvalue weighted by molar-refractivity contribution is 5.15. The van der Waals surface area contributed by atoms with Gasteiger partial charge in [0, 0.05) is 18.9 Å². The molecule has 86 valence electrons. The zero-order valence-electron chi connectivity index (χ0n) is 10.4. The van der Waals surface area contributed by atoms with Gasteiger partial charge in [0.15, 0.2) is 5.89 Å². The first kappa shape index (κ1) is 12.2. The molecule has 0 unspecified atom stereocenters. The molecule has 0 spiro atoms. The van der Waals surface area contributed by atoms with Crippen LogP contribution < -0.4 is 5.32 Å². The summed E-state index contributed by atoms with van der Waals surface area (Å²) in [7, 11) is 1.95. The van der Waals surface area contributed by atoms with Crippen LogP contribution in [0.1, 0.15) is 56.9 Å². The molecule has 0 saturated heterocycles. The molecule has 0 aliphatic rings. The molecule has 1 rings (SSSR count). The summed E-state index contributed by atoms with van der Waals surface area (Å²) in [4.78, 5) is 4.57. The van der Waals surface area contributed by atoms with E-state index in [0.717, 1.165) is 30.3 Å².